The first-order chi connectivity index (χ1) is 7.72. The molecule has 1 heterocycles. The molecule has 0 aromatic carbocycles. The average molecular weight is 219 g/mol. The van der Waals surface area contributed by atoms with Crippen LogP contribution in [-0.4, -0.2) is 24.5 Å². The van der Waals surface area contributed by atoms with E-state index < -0.39 is 0 Å². The maximum absolute atomic E-state index is 10.9. The molecule has 86 valence electrons. The fourth-order valence-electron chi connectivity index (χ4n) is 1.27. The van der Waals surface area contributed by atoms with E-state index in [0.717, 1.165) is 24.2 Å². The van der Waals surface area contributed by atoms with Gasteiger partial charge in [0.05, 0.1) is 11.9 Å². The van der Waals surface area contributed by atoms with Crippen molar-refractivity contribution in [1.29, 1.82) is 0 Å². The van der Waals surface area contributed by atoms with Crippen molar-refractivity contribution < 1.29 is 4.79 Å². The second-order valence-corrected chi connectivity index (χ2v) is 3.48. The van der Waals surface area contributed by atoms with Crippen LogP contribution in [0.15, 0.2) is 24.5 Å². The van der Waals surface area contributed by atoms with Crippen LogP contribution in [0.25, 0.3) is 6.08 Å². The Morgan fingerprint density at radius 3 is 3.00 bits per heavy atom. The van der Waals surface area contributed by atoms with E-state index in [9.17, 15) is 4.79 Å². The molecule has 0 aliphatic rings. The van der Waals surface area contributed by atoms with Gasteiger partial charge < -0.3 is 10.6 Å². The average Bonchev–Trinajstić information content (AvgIpc) is 2.24. The number of nitrogens with one attached hydrogen (secondary N) is 2. The van der Waals surface area contributed by atoms with Gasteiger partial charge in [-0.2, -0.15) is 0 Å². The Bertz CT molecular complexity index is 374. The van der Waals surface area contributed by atoms with E-state index in [4.69, 9.17) is 0 Å². The summed E-state index contributed by atoms with van der Waals surface area (Å²) >= 11 is 0. The molecule has 1 aromatic rings. The van der Waals surface area contributed by atoms with Crippen molar-refractivity contribution in [1.82, 2.24) is 10.3 Å². The van der Waals surface area contributed by atoms with Crippen molar-refractivity contribution in [2.24, 2.45) is 0 Å². The number of pyridine rings is 1. The van der Waals surface area contributed by atoms with E-state index in [-0.39, 0.29) is 5.91 Å². The molecule has 4 nitrogen and oxygen atoms in total. The Hall–Kier alpha value is -1.68. The minimum absolute atomic E-state index is 0.0851. The van der Waals surface area contributed by atoms with Gasteiger partial charge in [-0.3, -0.25) is 9.78 Å². The molecular weight excluding hydrogens is 202 g/mol. The zero-order valence-corrected chi connectivity index (χ0v) is 9.66. The van der Waals surface area contributed by atoms with E-state index in [0.29, 0.717) is 0 Å². The third kappa shape index (κ3) is 4.70. The molecular formula is C12H17N3O. The van der Waals surface area contributed by atoms with Gasteiger partial charge in [-0.15, -0.1) is 0 Å². The predicted octanol–water partition coefficient (Wildman–Crippen LogP) is 1.66. The number of rotatable bonds is 5. The molecule has 0 saturated heterocycles. The minimum Gasteiger partial charge on any atom is -0.325 e. The highest BCUT2D eigenvalue weighted by Crippen LogP contribution is 2.09. The lowest BCUT2D eigenvalue weighted by Crippen LogP contribution is -2.06. The highest BCUT2D eigenvalue weighted by atomic mass is 16.1. The number of nitrogens with zero attached hydrogens (tertiary/aromatic N) is 1. The molecule has 1 aromatic heterocycles. The zero-order chi connectivity index (χ0) is 11.8. The van der Waals surface area contributed by atoms with Gasteiger partial charge in [0.25, 0.3) is 0 Å². The largest absolute Gasteiger partial charge is 0.325 e. The summed E-state index contributed by atoms with van der Waals surface area (Å²) in [7, 11) is 1.92. The third-order valence-corrected chi connectivity index (χ3v) is 1.95. The number of carbonyl (C=O) groups is 1. The monoisotopic (exact) mass is 219 g/mol. The van der Waals surface area contributed by atoms with Crippen LogP contribution in [0.3, 0.4) is 0 Å². The SMILES string of the molecule is CNCCC=Cc1cncc(NC(C)=O)c1. The summed E-state index contributed by atoms with van der Waals surface area (Å²) in [6, 6.07) is 1.89. The first-order valence-electron chi connectivity index (χ1n) is 5.26. The molecule has 16 heavy (non-hydrogen) atoms. The molecule has 0 aliphatic carbocycles. The van der Waals surface area contributed by atoms with Crippen LogP contribution < -0.4 is 10.6 Å². The highest BCUT2D eigenvalue weighted by Gasteiger charge is 1.95. The zero-order valence-electron chi connectivity index (χ0n) is 9.66. The third-order valence-electron chi connectivity index (χ3n) is 1.95. The Morgan fingerprint density at radius 2 is 2.31 bits per heavy atom. The second-order valence-electron chi connectivity index (χ2n) is 3.48. The van der Waals surface area contributed by atoms with Gasteiger partial charge in [-0.1, -0.05) is 12.2 Å². The smallest absolute Gasteiger partial charge is 0.221 e. The maximum atomic E-state index is 10.9. The number of carbonyl (C=O) groups excluding carboxylic acids is 1. The molecule has 1 rings (SSSR count). The van der Waals surface area contributed by atoms with Crippen LogP contribution in [0.2, 0.25) is 0 Å². The lowest BCUT2D eigenvalue weighted by Gasteiger charge is -2.01. The number of aromatic nitrogens is 1. The molecule has 0 bridgehead atoms. The molecule has 0 unspecified atom stereocenters. The van der Waals surface area contributed by atoms with E-state index in [1.807, 2.05) is 19.2 Å². The van der Waals surface area contributed by atoms with Crippen molar-refractivity contribution >= 4 is 17.7 Å². The molecule has 2 N–H and O–H groups in total. The standard InChI is InChI=1S/C12H17N3O/c1-10(16)15-12-7-11(8-14-9-12)5-3-4-6-13-2/h3,5,7-9,13H,4,6H2,1-2H3,(H,15,16). The number of hydrogen-bond donors (Lipinski definition) is 2. The van der Waals surface area contributed by atoms with Crippen LogP contribution >= 0.6 is 0 Å². The van der Waals surface area contributed by atoms with Crippen LogP contribution in [-0.2, 0) is 4.79 Å². The van der Waals surface area contributed by atoms with Crippen LogP contribution in [0, 0.1) is 0 Å². The molecule has 0 spiro atoms. The maximum Gasteiger partial charge on any atom is 0.221 e. The summed E-state index contributed by atoms with van der Waals surface area (Å²) in [5.74, 6) is -0.0851. The predicted molar refractivity (Wildman–Crippen MR) is 66.1 cm³/mol. The molecule has 0 atom stereocenters. The van der Waals surface area contributed by atoms with Gasteiger partial charge in [-0.25, -0.2) is 0 Å². The van der Waals surface area contributed by atoms with E-state index in [1.54, 1.807) is 12.4 Å². The van der Waals surface area contributed by atoms with Crippen molar-refractivity contribution in [2.75, 3.05) is 18.9 Å². The van der Waals surface area contributed by atoms with Crippen molar-refractivity contribution in [2.45, 2.75) is 13.3 Å². The lowest BCUT2D eigenvalue weighted by atomic mass is 10.2. The Morgan fingerprint density at radius 1 is 1.50 bits per heavy atom. The van der Waals surface area contributed by atoms with Crippen LogP contribution in [0.5, 0.6) is 0 Å². The minimum atomic E-state index is -0.0851. The summed E-state index contributed by atoms with van der Waals surface area (Å²) in [5.41, 5.74) is 1.71. The molecule has 0 saturated carbocycles. The van der Waals surface area contributed by atoms with E-state index in [2.05, 4.69) is 21.7 Å². The fourth-order valence-corrected chi connectivity index (χ4v) is 1.27. The summed E-state index contributed by atoms with van der Waals surface area (Å²) < 4.78 is 0. The van der Waals surface area contributed by atoms with Gasteiger partial charge in [-0.05, 0) is 31.6 Å². The molecule has 1 amide bonds. The number of anilines is 1. The second kappa shape index (κ2) is 6.74. The fraction of sp³-hybridized carbons (Fsp3) is 0.333. The number of hydrogen-bond acceptors (Lipinski definition) is 3. The topological polar surface area (TPSA) is 54.0 Å². The quantitative estimate of drug-likeness (QED) is 0.740. The van der Waals surface area contributed by atoms with Gasteiger partial charge in [0.1, 0.15) is 0 Å². The van der Waals surface area contributed by atoms with Crippen molar-refractivity contribution in [3.8, 4) is 0 Å². The van der Waals surface area contributed by atoms with E-state index >= 15 is 0 Å². The van der Waals surface area contributed by atoms with Gasteiger partial charge in [0.2, 0.25) is 5.91 Å². The number of amides is 1. The van der Waals surface area contributed by atoms with Crippen molar-refractivity contribution in [3.63, 3.8) is 0 Å². The Balaban J connectivity index is 2.59. The summed E-state index contributed by atoms with van der Waals surface area (Å²) in [6.45, 7) is 2.44. The Labute approximate surface area is 95.8 Å². The summed E-state index contributed by atoms with van der Waals surface area (Å²) in [4.78, 5) is 14.9. The molecule has 0 fully saturated rings. The molecule has 0 radical (unpaired) electrons. The van der Waals surface area contributed by atoms with Gasteiger partial charge in [0, 0.05) is 13.1 Å². The van der Waals surface area contributed by atoms with Gasteiger partial charge >= 0.3 is 0 Å². The van der Waals surface area contributed by atoms with Crippen LogP contribution in [0.1, 0.15) is 18.9 Å². The normalized spacial score (nSPS) is 10.6. The van der Waals surface area contributed by atoms with Crippen LogP contribution in [0.4, 0.5) is 5.69 Å². The van der Waals surface area contributed by atoms with Gasteiger partial charge in [0.15, 0.2) is 0 Å². The molecule has 4 heteroatoms. The van der Waals surface area contributed by atoms with E-state index in [1.165, 1.54) is 6.92 Å². The Kier molecular flexibility index (Phi) is 5.22. The first kappa shape index (κ1) is 12.4. The molecule has 0 aliphatic heterocycles. The highest BCUT2D eigenvalue weighted by molar-refractivity contribution is 5.88. The first-order valence-corrected chi connectivity index (χ1v) is 5.26. The van der Waals surface area contributed by atoms with Crippen molar-refractivity contribution in [3.05, 3.63) is 30.1 Å². The summed E-state index contributed by atoms with van der Waals surface area (Å²) in [6.07, 6.45) is 8.44. The summed E-state index contributed by atoms with van der Waals surface area (Å²) in [5, 5.41) is 5.77. The lowest BCUT2D eigenvalue weighted by molar-refractivity contribution is -0.114.